The second kappa shape index (κ2) is 5.90. The van der Waals surface area contributed by atoms with E-state index in [9.17, 15) is 10.2 Å². The van der Waals surface area contributed by atoms with Crippen molar-refractivity contribution >= 4 is 0 Å². The molecule has 0 saturated heterocycles. The summed E-state index contributed by atoms with van der Waals surface area (Å²) in [5, 5.41) is 19.0. The lowest BCUT2D eigenvalue weighted by Gasteiger charge is -2.18. The molecule has 0 fully saturated rings. The van der Waals surface area contributed by atoms with E-state index < -0.39 is 0 Å². The van der Waals surface area contributed by atoms with Crippen LogP contribution in [0.2, 0.25) is 0 Å². The third-order valence-corrected chi connectivity index (χ3v) is 3.66. The van der Waals surface area contributed by atoms with Gasteiger partial charge in [-0.3, -0.25) is 4.98 Å². The Bertz CT molecular complexity index is 719. The molecule has 22 heavy (non-hydrogen) atoms. The minimum atomic E-state index is -0.0406. The minimum absolute atomic E-state index is 0.0406. The monoisotopic (exact) mass is 291 g/mol. The number of phenolic OH excluding ortho intramolecular Hbond substituents is 2. The zero-order valence-corrected chi connectivity index (χ0v) is 12.3. The van der Waals surface area contributed by atoms with Gasteiger partial charge < -0.3 is 10.2 Å². The van der Waals surface area contributed by atoms with Crippen LogP contribution in [-0.2, 0) is 0 Å². The molecule has 0 radical (unpaired) electrons. The molecule has 2 N–H and O–H groups in total. The number of benzene rings is 2. The molecule has 0 spiro atoms. The molecular weight excluding hydrogens is 274 g/mol. The molecule has 2 aromatic carbocycles. The van der Waals surface area contributed by atoms with E-state index in [-0.39, 0.29) is 17.4 Å². The van der Waals surface area contributed by atoms with Gasteiger partial charge in [-0.05, 0) is 54.4 Å². The fourth-order valence-electron chi connectivity index (χ4n) is 2.59. The minimum Gasteiger partial charge on any atom is -0.508 e. The number of hydrogen-bond acceptors (Lipinski definition) is 3. The summed E-state index contributed by atoms with van der Waals surface area (Å²) < 4.78 is 0. The number of hydrogen-bond donors (Lipinski definition) is 2. The maximum absolute atomic E-state index is 9.51. The van der Waals surface area contributed by atoms with E-state index in [1.54, 1.807) is 24.3 Å². The number of pyridine rings is 1. The van der Waals surface area contributed by atoms with Crippen LogP contribution in [0, 0.1) is 6.92 Å². The molecule has 0 aliphatic rings. The zero-order valence-electron chi connectivity index (χ0n) is 12.3. The van der Waals surface area contributed by atoms with Gasteiger partial charge in [-0.2, -0.15) is 0 Å². The molecule has 3 rings (SSSR count). The van der Waals surface area contributed by atoms with E-state index in [2.05, 4.69) is 4.98 Å². The molecule has 0 aliphatic carbocycles. The lowest BCUT2D eigenvalue weighted by Crippen LogP contribution is -2.06. The quantitative estimate of drug-likeness (QED) is 0.767. The smallest absolute Gasteiger partial charge is 0.115 e. The van der Waals surface area contributed by atoms with Gasteiger partial charge in [0.2, 0.25) is 0 Å². The van der Waals surface area contributed by atoms with Gasteiger partial charge in [0.1, 0.15) is 11.5 Å². The topological polar surface area (TPSA) is 53.4 Å². The predicted molar refractivity (Wildman–Crippen MR) is 86.1 cm³/mol. The molecule has 0 bridgehead atoms. The zero-order chi connectivity index (χ0) is 15.5. The SMILES string of the molecule is Cc1cccc(C(c2ccc(O)cc2)c2ccc(O)cc2)n1. The lowest BCUT2D eigenvalue weighted by atomic mass is 9.88. The maximum atomic E-state index is 9.51. The second-order valence-corrected chi connectivity index (χ2v) is 5.32. The molecule has 1 heterocycles. The van der Waals surface area contributed by atoms with Gasteiger partial charge in [0.15, 0.2) is 0 Å². The van der Waals surface area contributed by atoms with E-state index in [1.165, 1.54) is 0 Å². The molecule has 110 valence electrons. The summed E-state index contributed by atoms with van der Waals surface area (Å²) in [6.07, 6.45) is 0. The van der Waals surface area contributed by atoms with Crippen LogP contribution < -0.4 is 0 Å². The van der Waals surface area contributed by atoms with Crippen LogP contribution in [0.5, 0.6) is 11.5 Å². The van der Waals surface area contributed by atoms with Gasteiger partial charge in [-0.15, -0.1) is 0 Å². The van der Waals surface area contributed by atoms with Crippen LogP contribution >= 0.6 is 0 Å². The summed E-state index contributed by atoms with van der Waals surface area (Å²) >= 11 is 0. The van der Waals surface area contributed by atoms with Crippen LogP contribution in [0.4, 0.5) is 0 Å². The number of aromatic hydroxyl groups is 2. The van der Waals surface area contributed by atoms with Gasteiger partial charge in [-0.1, -0.05) is 30.3 Å². The molecule has 3 heteroatoms. The van der Waals surface area contributed by atoms with Crippen molar-refractivity contribution in [3.8, 4) is 11.5 Å². The summed E-state index contributed by atoms with van der Waals surface area (Å²) in [6, 6.07) is 20.3. The molecule has 0 unspecified atom stereocenters. The van der Waals surface area contributed by atoms with Crippen LogP contribution in [-0.4, -0.2) is 15.2 Å². The molecule has 1 aromatic heterocycles. The van der Waals surface area contributed by atoms with Crippen LogP contribution in [0.15, 0.2) is 66.7 Å². The number of rotatable bonds is 3. The highest BCUT2D eigenvalue weighted by Gasteiger charge is 2.18. The van der Waals surface area contributed by atoms with Crippen molar-refractivity contribution in [1.29, 1.82) is 0 Å². The first-order chi connectivity index (χ1) is 10.6. The molecule has 0 saturated carbocycles. The van der Waals surface area contributed by atoms with Crippen molar-refractivity contribution in [3.63, 3.8) is 0 Å². The lowest BCUT2D eigenvalue weighted by molar-refractivity contribution is 0.475. The normalized spacial score (nSPS) is 10.8. The fraction of sp³-hybridized carbons (Fsp3) is 0.105. The van der Waals surface area contributed by atoms with Crippen molar-refractivity contribution in [2.45, 2.75) is 12.8 Å². The Morgan fingerprint density at radius 3 is 1.68 bits per heavy atom. The Kier molecular flexibility index (Phi) is 3.79. The first-order valence-electron chi connectivity index (χ1n) is 7.15. The Morgan fingerprint density at radius 2 is 1.23 bits per heavy atom. The van der Waals surface area contributed by atoms with Crippen molar-refractivity contribution in [2.75, 3.05) is 0 Å². The Morgan fingerprint density at radius 1 is 0.727 bits per heavy atom. The Labute approximate surface area is 129 Å². The average Bonchev–Trinajstić information content (AvgIpc) is 2.51. The predicted octanol–water partition coefficient (Wildman–Crippen LogP) is 3.98. The van der Waals surface area contributed by atoms with Crippen molar-refractivity contribution in [3.05, 3.63) is 89.2 Å². The van der Waals surface area contributed by atoms with E-state index >= 15 is 0 Å². The van der Waals surface area contributed by atoms with E-state index in [0.29, 0.717) is 0 Å². The highest BCUT2D eigenvalue weighted by molar-refractivity contribution is 5.43. The van der Waals surface area contributed by atoms with Crippen LogP contribution in [0.1, 0.15) is 28.4 Å². The van der Waals surface area contributed by atoms with E-state index in [1.807, 2.05) is 49.4 Å². The van der Waals surface area contributed by atoms with Crippen molar-refractivity contribution in [2.24, 2.45) is 0 Å². The van der Waals surface area contributed by atoms with Gasteiger partial charge in [0.05, 0.1) is 11.6 Å². The Hall–Kier alpha value is -2.81. The van der Waals surface area contributed by atoms with Gasteiger partial charge >= 0.3 is 0 Å². The molecule has 0 atom stereocenters. The number of phenols is 2. The molecule has 3 nitrogen and oxygen atoms in total. The van der Waals surface area contributed by atoms with E-state index in [0.717, 1.165) is 22.5 Å². The molecule has 0 aliphatic heterocycles. The summed E-state index contributed by atoms with van der Waals surface area (Å²) in [4.78, 5) is 4.65. The highest BCUT2D eigenvalue weighted by Crippen LogP contribution is 2.32. The number of nitrogens with zero attached hydrogens (tertiary/aromatic N) is 1. The first-order valence-corrected chi connectivity index (χ1v) is 7.15. The first kappa shape index (κ1) is 14.1. The largest absolute Gasteiger partial charge is 0.508 e. The third kappa shape index (κ3) is 2.93. The van der Waals surface area contributed by atoms with Crippen molar-refractivity contribution < 1.29 is 10.2 Å². The molecule has 0 amide bonds. The summed E-state index contributed by atoms with van der Waals surface area (Å²) in [5.74, 6) is 0.442. The summed E-state index contributed by atoms with van der Waals surface area (Å²) in [6.45, 7) is 1.97. The second-order valence-electron chi connectivity index (χ2n) is 5.32. The number of aromatic nitrogens is 1. The van der Waals surface area contributed by atoms with E-state index in [4.69, 9.17) is 0 Å². The molecular formula is C19H17NO2. The van der Waals surface area contributed by atoms with Gasteiger partial charge in [-0.25, -0.2) is 0 Å². The number of aryl methyl sites for hydroxylation is 1. The van der Waals surface area contributed by atoms with Crippen LogP contribution in [0.25, 0.3) is 0 Å². The summed E-state index contributed by atoms with van der Waals surface area (Å²) in [7, 11) is 0. The van der Waals surface area contributed by atoms with Crippen molar-refractivity contribution in [1.82, 2.24) is 4.98 Å². The Balaban J connectivity index is 2.13. The van der Waals surface area contributed by atoms with Gasteiger partial charge in [0, 0.05) is 5.69 Å². The average molecular weight is 291 g/mol. The van der Waals surface area contributed by atoms with Gasteiger partial charge in [0.25, 0.3) is 0 Å². The van der Waals surface area contributed by atoms with Crippen LogP contribution in [0.3, 0.4) is 0 Å². The summed E-state index contributed by atoms with van der Waals surface area (Å²) in [5.41, 5.74) is 3.99. The third-order valence-electron chi connectivity index (χ3n) is 3.66. The fourth-order valence-corrected chi connectivity index (χ4v) is 2.59. The standard InChI is InChI=1S/C19H17NO2/c1-13-3-2-4-18(20-13)19(14-5-9-16(21)10-6-14)15-7-11-17(22)12-8-15/h2-12,19,21-22H,1H3. The highest BCUT2D eigenvalue weighted by atomic mass is 16.3. The maximum Gasteiger partial charge on any atom is 0.115 e. The molecule has 3 aromatic rings.